The van der Waals surface area contributed by atoms with Crippen LogP contribution in [0.3, 0.4) is 0 Å². The molecule has 0 N–H and O–H groups in total. The lowest BCUT2D eigenvalue weighted by molar-refractivity contribution is -0.350. The third kappa shape index (κ3) is 4.02. The van der Waals surface area contributed by atoms with Crippen LogP contribution < -0.4 is 0 Å². The van der Waals surface area contributed by atoms with E-state index in [1.807, 2.05) is 0 Å². The van der Waals surface area contributed by atoms with Crippen molar-refractivity contribution in [2.24, 2.45) is 213 Å². The summed E-state index contributed by atoms with van der Waals surface area (Å²) in [4.78, 5) is 0. The lowest BCUT2D eigenvalue weighted by Crippen LogP contribution is -2.78. The van der Waals surface area contributed by atoms with E-state index in [1.165, 1.54) is 154 Å². The third-order valence-corrected chi connectivity index (χ3v) is 30.6. The quantitative estimate of drug-likeness (QED) is 0.247. The standard InChI is InChI=1S/C61H88/c1-3-27-20-33-23-30-10-7-13-36-38-17-19-40-39-18-16-37-35-12-6-9-29-22-32-21-28-8-4-5-11-34(28)43-25-44-42-24-31-14-15-41-45(26(27)2)50(33)59(47(30)36)61-54(38)53(40)60(49(31)55(41)61)56(42)52(39)51(37)57(44)58(46(29)35)48(32)43/h26-61H,3-25H2,1-2H3. The molecule has 0 radical (unpaired) electrons. The molecule has 0 heteroatoms. The van der Waals surface area contributed by atoms with E-state index in [-0.39, 0.29) is 0 Å². The van der Waals surface area contributed by atoms with Gasteiger partial charge in [0, 0.05) is 0 Å². The Morgan fingerprint density at radius 3 is 1.34 bits per heavy atom. The zero-order chi connectivity index (χ0) is 39.0. The number of rotatable bonds is 1. The molecule has 332 valence electrons. The lowest BCUT2D eigenvalue weighted by atomic mass is 9.22. The zero-order valence-electron chi connectivity index (χ0n) is 39.0. The maximum Gasteiger partial charge on any atom is -0.0312 e. The Kier molecular flexibility index (Phi) is 7.20. The van der Waals surface area contributed by atoms with Crippen molar-refractivity contribution in [1.82, 2.24) is 0 Å². The van der Waals surface area contributed by atoms with E-state index in [0.717, 1.165) is 65.1 Å². The molecule has 0 aromatic carbocycles. The van der Waals surface area contributed by atoms with Gasteiger partial charge >= 0.3 is 0 Å². The molecule has 0 spiro atoms. The molecule has 0 nitrogen and oxygen atoms in total. The van der Waals surface area contributed by atoms with E-state index in [2.05, 4.69) is 13.8 Å². The van der Waals surface area contributed by atoms with E-state index in [9.17, 15) is 0 Å². The van der Waals surface area contributed by atoms with Gasteiger partial charge in [0.1, 0.15) is 0 Å². The minimum absolute atomic E-state index is 1.03. The Morgan fingerprint density at radius 2 is 0.656 bits per heavy atom. The predicted octanol–water partition coefficient (Wildman–Crippen LogP) is 14.4. The highest BCUT2D eigenvalue weighted by atomic mass is 14.8. The molecule has 36 atom stereocenters. The molecule has 0 heterocycles. The Labute approximate surface area is 373 Å². The van der Waals surface area contributed by atoms with E-state index >= 15 is 0 Å². The van der Waals surface area contributed by atoms with Gasteiger partial charge in [-0.25, -0.2) is 0 Å². The van der Waals surface area contributed by atoms with Crippen LogP contribution in [0.5, 0.6) is 0 Å². The topological polar surface area (TPSA) is 0 Å². The molecule has 18 aliphatic rings. The highest BCUT2D eigenvalue weighted by Crippen LogP contribution is 2.85. The Bertz CT molecular complexity index is 1840. The monoisotopic (exact) mass is 821 g/mol. The fraction of sp³-hybridized carbons (Fsp3) is 1.00. The largest absolute Gasteiger partial charge is 0.0651 e. The average molecular weight is 821 g/mol. The van der Waals surface area contributed by atoms with Crippen molar-refractivity contribution in [2.75, 3.05) is 0 Å². The SMILES string of the molecule is CCC1CC2CC3CCCC4C5CCC6C7CCC8C9CCCC%10CC%11CC%12CCCCC%12C%12CC%13C%14CC%15CCC%16C(C1C)C2C(C34)C1C%16C%15C(C%14C7C8C%13C(C%11%12)C%109)C6C51. The summed E-state index contributed by atoms with van der Waals surface area (Å²) in [5, 5.41) is 0. The first-order valence-corrected chi connectivity index (χ1v) is 30.2. The second-order valence-corrected chi connectivity index (χ2v) is 30.0. The second kappa shape index (κ2) is 12.2. The minimum atomic E-state index is 1.03. The highest BCUT2D eigenvalue weighted by Gasteiger charge is 2.80. The molecule has 0 bridgehead atoms. The van der Waals surface area contributed by atoms with Crippen molar-refractivity contribution < 1.29 is 0 Å². The first-order chi connectivity index (χ1) is 30.2. The summed E-state index contributed by atoms with van der Waals surface area (Å²) < 4.78 is 0. The van der Waals surface area contributed by atoms with Crippen LogP contribution >= 0.6 is 0 Å². The van der Waals surface area contributed by atoms with E-state index < -0.39 is 0 Å². The van der Waals surface area contributed by atoms with Crippen molar-refractivity contribution in [2.45, 2.75) is 162 Å². The molecule has 18 fully saturated rings. The van der Waals surface area contributed by atoms with E-state index in [0.29, 0.717) is 0 Å². The summed E-state index contributed by atoms with van der Waals surface area (Å²) >= 11 is 0. The molecule has 0 aliphatic heterocycles. The van der Waals surface area contributed by atoms with Crippen LogP contribution in [0.1, 0.15) is 162 Å². The van der Waals surface area contributed by atoms with Crippen LogP contribution in [0.25, 0.3) is 0 Å². The molecular formula is C61H88. The molecule has 0 amide bonds. The van der Waals surface area contributed by atoms with Crippen LogP contribution in [0, 0.1) is 213 Å². The number of hydrogen-bond donors (Lipinski definition) is 0. The van der Waals surface area contributed by atoms with Crippen molar-refractivity contribution in [3.05, 3.63) is 0 Å². The van der Waals surface area contributed by atoms with Crippen LogP contribution in [0.2, 0.25) is 0 Å². The summed E-state index contributed by atoms with van der Waals surface area (Å²) in [7, 11) is 0. The van der Waals surface area contributed by atoms with Crippen molar-refractivity contribution >= 4 is 0 Å². The lowest BCUT2D eigenvalue weighted by Gasteiger charge is -2.82. The van der Waals surface area contributed by atoms with Crippen LogP contribution in [-0.2, 0) is 0 Å². The van der Waals surface area contributed by atoms with Crippen molar-refractivity contribution in [3.63, 3.8) is 0 Å². The minimum Gasteiger partial charge on any atom is -0.0651 e. The van der Waals surface area contributed by atoms with Gasteiger partial charge in [-0.15, -0.1) is 0 Å². The van der Waals surface area contributed by atoms with Gasteiger partial charge < -0.3 is 0 Å². The van der Waals surface area contributed by atoms with Gasteiger partial charge in [0.15, 0.2) is 0 Å². The summed E-state index contributed by atoms with van der Waals surface area (Å²) in [5.74, 6) is 42.2. The maximum absolute atomic E-state index is 2.91. The fourth-order valence-corrected chi connectivity index (χ4v) is 31.2. The molecule has 0 saturated heterocycles. The zero-order valence-corrected chi connectivity index (χ0v) is 39.0. The number of hydrogen-bond acceptors (Lipinski definition) is 0. The molecule has 0 aromatic heterocycles. The normalized spacial score (nSPS) is 72.7. The summed E-state index contributed by atoms with van der Waals surface area (Å²) in [6, 6.07) is 0. The first-order valence-electron chi connectivity index (χ1n) is 30.2. The van der Waals surface area contributed by atoms with Gasteiger partial charge in [0.2, 0.25) is 0 Å². The predicted molar refractivity (Wildman–Crippen MR) is 243 cm³/mol. The molecule has 18 aliphatic carbocycles. The van der Waals surface area contributed by atoms with Gasteiger partial charge in [0.05, 0.1) is 0 Å². The van der Waals surface area contributed by atoms with Crippen molar-refractivity contribution in [3.8, 4) is 0 Å². The molecule has 18 saturated carbocycles. The molecule has 61 heavy (non-hydrogen) atoms. The van der Waals surface area contributed by atoms with Crippen LogP contribution in [0.4, 0.5) is 0 Å². The molecular weight excluding hydrogens is 733 g/mol. The Balaban J connectivity index is 0.829. The van der Waals surface area contributed by atoms with E-state index in [4.69, 9.17) is 0 Å². The van der Waals surface area contributed by atoms with Gasteiger partial charge in [0.25, 0.3) is 0 Å². The van der Waals surface area contributed by atoms with Gasteiger partial charge in [-0.2, -0.15) is 0 Å². The van der Waals surface area contributed by atoms with Crippen LogP contribution in [0.15, 0.2) is 0 Å². The van der Waals surface area contributed by atoms with Crippen LogP contribution in [-0.4, -0.2) is 0 Å². The summed E-state index contributed by atoms with van der Waals surface area (Å²) in [6.45, 7) is 5.55. The molecule has 36 unspecified atom stereocenters. The fourth-order valence-electron chi connectivity index (χ4n) is 31.2. The Morgan fingerprint density at radius 1 is 0.246 bits per heavy atom. The molecule has 0 aromatic rings. The highest BCUT2D eigenvalue weighted by molar-refractivity contribution is 5.27. The van der Waals surface area contributed by atoms with Crippen molar-refractivity contribution in [1.29, 1.82) is 0 Å². The summed E-state index contributed by atoms with van der Waals surface area (Å²) in [5.41, 5.74) is 0. The number of fused-ring (bicyclic) bond motifs is 7. The van der Waals surface area contributed by atoms with E-state index in [1.54, 1.807) is 141 Å². The van der Waals surface area contributed by atoms with Gasteiger partial charge in [-0.05, 0) is 309 Å². The summed E-state index contributed by atoms with van der Waals surface area (Å²) in [6.07, 6.45) is 38.7. The Hall–Kier alpha value is 0. The molecule has 18 rings (SSSR count). The average Bonchev–Trinajstić information content (AvgIpc) is 3.30. The van der Waals surface area contributed by atoms with Gasteiger partial charge in [-0.1, -0.05) is 65.2 Å². The first kappa shape index (κ1) is 36.1. The maximum atomic E-state index is 2.91. The third-order valence-electron chi connectivity index (χ3n) is 30.6. The smallest absolute Gasteiger partial charge is 0.0312 e. The van der Waals surface area contributed by atoms with Gasteiger partial charge in [-0.3, -0.25) is 0 Å². The second-order valence-electron chi connectivity index (χ2n) is 30.0.